The van der Waals surface area contributed by atoms with Crippen LogP contribution in [-0.2, 0) is 0 Å². The van der Waals surface area contributed by atoms with Crippen molar-refractivity contribution in [3.8, 4) is 11.5 Å². The quantitative estimate of drug-likeness (QED) is 0.583. The lowest BCUT2D eigenvalue weighted by atomic mass is 10.2. The molecule has 3 aromatic rings. The second-order valence-electron chi connectivity index (χ2n) is 4.19. The zero-order chi connectivity index (χ0) is 13.4. The third-order valence-electron chi connectivity index (χ3n) is 2.79. The Bertz CT molecular complexity index is 751. The Morgan fingerprint density at radius 1 is 1.21 bits per heavy atom. The number of thiophene rings is 1. The Morgan fingerprint density at radius 2 is 2.05 bits per heavy atom. The van der Waals surface area contributed by atoms with Crippen molar-refractivity contribution in [3.63, 3.8) is 0 Å². The summed E-state index contributed by atoms with van der Waals surface area (Å²) in [5, 5.41) is 3.96. The van der Waals surface area contributed by atoms with Gasteiger partial charge in [-0.05, 0) is 48.9 Å². The molecule has 0 atom stereocenters. The van der Waals surface area contributed by atoms with Crippen LogP contribution in [0.2, 0.25) is 0 Å². The lowest BCUT2D eigenvalue weighted by Crippen LogP contribution is -1.86. The smallest absolute Gasteiger partial charge is 0.154 e. The van der Waals surface area contributed by atoms with E-state index in [9.17, 15) is 4.39 Å². The maximum atomic E-state index is 13.1. The SMILES string of the molecule is Cc1cc(Br)ccc1Oc1[c]sc2cc(F)ccc12. The van der Waals surface area contributed by atoms with Gasteiger partial charge in [0.2, 0.25) is 0 Å². The minimum absolute atomic E-state index is 0.242. The molecule has 95 valence electrons. The van der Waals surface area contributed by atoms with Gasteiger partial charge in [0.15, 0.2) is 5.75 Å². The number of fused-ring (bicyclic) bond motifs is 1. The summed E-state index contributed by atoms with van der Waals surface area (Å²) >= 11 is 4.78. The Morgan fingerprint density at radius 3 is 2.84 bits per heavy atom. The fourth-order valence-electron chi connectivity index (χ4n) is 1.84. The van der Waals surface area contributed by atoms with Gasteiger partial charge in [0.05, 0.1) is 5.38 Å². The summed E-state index contributed by atoms with van der Waals surface area (Å²) in [5.74, 6) is 1.18. The van der Waals surface area contributed by atoms with Crippen LogP contribution in [-0.4, -0.2) is 0 Å². The monoisotopic (exact) mass is 335 g/mol. The van der Waals surface area contributed by atoms with E-state index in [0.717, 1.165) is 25.9 Å². The van der Waals surface area contributed by atoms with Crippen LogP contribution in [0, 0.1) is 18.1 Å². The molecular weight excluding hydrogens is 327 g/mol. The summed E-state index contributed by atoms with van der Waals surface area (Å²) in [4.78, 5) is 0. The highest BCUT2D eigenvalue weighted by Gasteiger charge is 2.09. The number of aryl methyl sites for hydroxylation is 1. The van der Waals surface area contributed by atoms with Crippen LogP contribution in [0.5, 0.6) is 11.5 Å². The fraction of sp³-hybridized carbons (Fsp3) is 0.0667. The number of hydrogen-bond donors (Lipinski definition) is 0. The van der Waals surface area contributed by atoms with Gasteiger partial charge in [-0.25, -0.2) is 4.39 Å². The van der Waals surface area contributed by atoms with E-state index in [1.807, 2.05) is 25.1 Å². The van der Waals surface area contributed by atoms with Gasteiger partial charge in [0, 0.05) is 14.6 Å². The highest BCUT2D eigenvalue weighted by molar-refractivity contribution is 9.10. The van der Waals surface area contributed by atoms with Crippen molar-refractivity contribution in [2.75, 3.05) is 0 Å². The fourth-order valence-corrected chi connectivity index (χ4v) is 3.11. The van der Waals surface area contributed by atoms with E-state index < -0.39 is 0 Å². The average molecular weight is 336 g/mol. The van der Waals surface area contributed by atoms with Gasteiger partial charge < -0.3 is 4.74 Å². The Kier molecular flexibility index (Phi) is 3.29. The molecule has 19 heavy (non-hydrogen) atoms. The molecular formula is C15H9BrFOS. The second kappa shape index (κ2) is 4.94. The summed E-state index contributed by atoms with van der Waals surface area (Å²) in [7, 11) is 0. The summed E-state index contributed by atoms with van der Waals surface area (Å²) in [6.07, 6.45) is 0. The Hall–Kier alpha value is -1.39. The van der Waals surface area contributed by atoms with Crippen molar-refractivity contribution in [2.45, 2.75) is 6.92 Å². The molecule has 0 aliphatic rings. The molecule has 2 aromatic carbocycles. The third kappa shape index (κ3) is 2.51. The van der Waals surface area contributed by atoms with Crippen molar-refractivity contribution >= 4 is 37.4 Å². The minimum Gasteiger partial charge on any atom is -0.455 e. The first-order valence-electron chi connectivity index (χ1n) is 5.67. The zero-order valence-electron chi connectivity index (χ0n) is 10.0. The molecule has 0 aliphatic heterocycles. The van der Waals surface area contributed by atoms with E-state index in [0.29, 0.717) is 5.75 Å². The maximum Gasteiger partial charge on any atom is 0.154 e. The number of rotatable bonds is 2. The summed E-state index contributed by atoms with van der Waals surface area (Å²) in [6, 6.07) is 10.5. The van der Waals surface area contributed by atoms with Gasteiger partial charge in [0.25, 0.3) is 0 Å². The topological polar surface area (TPSA) is 9.23 Å². The first-order chi connectivity index (χ1) is 9.13. The molecule has 1 aromatic heterocycles. The molecule has 1 nitrogen and oxygen atoms in total. The highest BCUT2D eigenvalue weighted by atomic mass is 79.9. The van der Waals surface area contributed by atoms with Crippen molar-refractivity contribution in [1.29, 1.82) is 0 Å². The average Bonchev–Trinajstić information content (AvgIpc) is 2.75. The zero-order valence-corrected chi connectivity index (χ0v) is 12.4. The molecule has 0 bridgehead atoms. The van der Waals surface area contributed by atoms with E-state index in [1.54, 1.807) is 6.07 Å². The van der Waals surface area contributed by atoms with Crippen LogP contribution in [0.15, 0.2) is 40.9 Å². The third-order valence-corrected chi connectivity index (χ3v) is 4.13. The number of ether oxygens (including phenoxy) is 1. The highest BCUT2D eigenvalue weighted by Crippen LogP contribution is 2.36. The molecule has 0 N–H and O–H groups in total. The van der Waals surface area contributed by atoms with Gasteiger partial charge in [-0.1, -0.05) is 15.9 Å². The molecule has 4 heteroatoms. The van der Waals surface area contributed by atoms with E-state index in [-0.39, 0.29) is 5.82 Å². The van der Waals surface area contributed by atoms with Gasteiger partial charge in [-0.15, -0.1) is 11.3 Å². The van der Waals surface area contributed by atoms with Crippen molar-refractivity contribution in [2.24, 2.45) is 0 Å². The van der Waals surface area contributed by atoms with Gasteiger partial charge in [-0.2, -0.15) is 0 Å². The Balaban J connectivity index is 2.01. The lowest BCUT2D eigenvalue weighted by Gasteiger charge is -2.07. The predicted molar refractivity (Wildman–Crippen MR) is 79.6 cm³/mol. The van der Waals surface area contributed by atoms with Crippen molar-refractivity contribution < 1.29 is 9.13 Å². The number of hydrogen-bond acceptors (Lipinski definition) is 2. The van der Waals surface area contributed by atoms with Crippen LogP contribution in [0.25, 0.3) is 10.1 Å². The molecule has 0 amide bonds. The minimum atomic E-state index is -0.242. The van der Waals surface area contributed by atoms with Crippen LogP contribution < -0.4 is 4.74 Å². The summed E-state index contributed by atoms with van der Waals surface area (Å²) in [5.41, 5.74) is 1.03. The molecule has 0 saturated carbocycles. The van der Waals surface area contributed by atoms with E-state index in [4.69, 9.17) is 4.74 Å². The molecule has 0 fully saturated rings. The summed E-state index contributed by atoms with van der Waals surface area (Å²) < 4.78 is 20.8. The van der Waals surface area contributed by atoms with Crippen molar-refractivity contribution in [1.82, 2.24) is 0 Å². The van der Waals surface area contributed by atoms with Crippen LogP contribution in [0.4, 0.5) is 4.39 Å². The van der Waals surface area contributed by atoms with E-state index in [1.165, 1.54) is 23.5 Å². The lowest BCUT2D eigenvalue weighted by molar-refractivity contribution is 0.485. The molecule has 1 radical (unpaired) electrons. The first-order valence-corrected chi connectivity index (χ1v) is 7.28. The Labute approximate surface area is 122 Å². The molecule has 0 spiro atoms. The predicted octanol–water partition coefficient (Wildman–Crippen LogP) is 5.70. The van der Waals surface area contributed by atoms with Crippen LogP contribution in [0.1, 0.15) is 5.56 Å². The van der Waals surface area contributed by atoms with Crippen LogP contribution in [0.3, 0.4) is 0 Å². The van der Waals surface area contributed by atoms with E-state index in [2.05, 4.69) is 21.3 Å². The largest absolute Gasteiger partial charge is 0.455 e. The molecule has 0 aliphatic carbocycles. The maximum absolute atomic E-state index is 13.1. The number of benzene rings is 2. The van der Waals surface area contributed by atoms with Crippen LogP contribution >= 0.6 is 27.3 Å². The van der Waals surface area contributed by atoms with Gasteiger partial charge in [-0.3, -0.25) is 0 Å². The second-order valence-corrected chi connectivity index (χ2v) is 5.95. The van der Waals surface area contributed by atoms with Crippen molar-refractivity contribution in [3.05, 3.63) is 57.6 Å². The molecule has 3 rings (SSSR count). The molecule has 0 saturated heterocycles. The molecule has 1 heterocycles. The normalized spacial score (nSPS) is 10.9. The summed E-state index contributed by atoms with van der Waals surface area (Å²) in [6.45, 7) is 1.98. The van der Waals surface area contributed by atoms with Gasteiger partial charge in [0.1, 0.15) is 11.6 Å². The molecule has 0 unspecified atom stereocenters. The number of halogens is 2. The van der Waals surface area contributed by atoms with E-state index >= 15 is 0 Å². The van der Waals surface area contributed by atoms with Gasteiger partial charge >= 0.3 is 0 Å². The first kappa shape index (κ1) is 12.6. The standard InChI is InChI=1S/C15H9BrFOS/c1-9-6-10(16)2-5-13(9)18-14-8-19-15-7-11(17)3-4-12(14)15/h2-7H,1H3.